The van der Waals surface area contributed by atoms with E-state index >= 15 is 0 Å². The smallest absolute Gasteiger partial charge is 0.318 e. The molecule has 1 unspecified atom stereocenters. The Morgan fingerprint density at radius 1 is 1.55 bits per heavy atom. The molecular weight excluding hydrogens is 160 g/mol. The van der Waals surface area contributed by atoms with E-state index in [1.165, 1.54) is 0 Å². The quantitative estimate of drug-likeness (QED) is 0.523. The molecule has 0 radical (unpaired) electrons. The molecule has 0 fully saturated rings. The van der Waals surface area contributed by atoms with Gasteiger partial charge in [-0.15, -0.1) is 0 Å². The number of carbonyl (C=O) groups is 1. The van der Waals surface area contributed by atoms with Crippen LogP contribution in [0, 0.1) is 5.92 Å². The Bertz CT molecular complexity index is 123. The maximum absolute atomic E-state index is 11.0. The molecule has 11 heavy (non-hydrogen) atoms. The lowest BCUT2D eigenvalue weighted by molar-refractivity contribution is -0.144. The molecule has 0 aromatic carbocycles. The van der Waals surface area contributed by atoms with Crippen LogP contribution >= 0.6 is 12.6 Å². The summed E-state index contributed by atoms with van der Waals surface area (Å²) in [7, 11) is 0. The van der Waals surface area contributed by atoms with Crippen LogP contribution in [0.15, 0.2) is 0 Å². The van der Waals surface area contributed by atoms with Crippen molar-refractivity contribution in [1.82, 2.24) is 0 Å². The van der Waals surface area contributed by atoms with Gasteiger partial charge in [0, 0.05) is 0 Å². The number of rotatable bonds is 4. The molecule has 0 saturated heterocycles. The molecule has 0 heterocycles. The first-order valence-corrected chi connectivity index (χ1v) is 4.44. The van der Waals surface area contributed by atoms with Crippen LogP contribution in [0.2, 0.25) is 0 Å². The zero-order chi connectivity index (χ0) is 8.85. The predicted molar refractivity (Wildman–Crippen MR) is 48.9 cm³/mol. The fourth-order valence-corrected chi connectivity index (χ4v) is 0.586. The minimum absolute atomic E-state index is 0.204. The number of ether oxygens (including phenoxy) is 1. The molecule has 3 heteroatoms. The molecule has 0 spiro atoms. The van der Waals surface area contributed by atoms with E-state index in [1.807, 2.05) is 20.8 Å². The fourth-order valence-electron chi connectivity index (χ4n) is 0.512. The second-order valence-corrected chi connectivity index (χ2v) is 3.57. The second-order valence-electron chi connectivity index (χ2n) is 2.95. The van der Waals surface area contributed by atoms with Crippen LogP contribution in [0.5, 0.6) is 0 Å². The van der Waals surface area contributed by atoms with Gasteiger partial charge in [-0.1, -0.05) is 20.8 Å². The lowest BCUT2D eigenvalue weighted by atomic mass is 10.2. The van der Waals surface area contributed by atoms with Gasteiger partial charge in [0.15, 0.2) is 0 Å². The second kappa shape index (κ2) is 5.47. The van der Waals surface area contributed by atoms with Crippen molar-refractivity contribution in [3.05, 3.63) is 0 Å². The van der Waals surface area contributed by atoms with Crippen molar-refractivity contribution < 1.29 is 9.53 Å². The summed E-state index contributed by atoms with van der Waals surface area (Å²) in [5.41, 5.74) is 0. The monoisotopic (exact) mass is 176 g/mol. The van der Waals surface area contributed by atoms with E-state index < -0.39 is 0 Å². The van der Waals surface area contributed by atoms with E-state index in [9.17, 15) is 4.79 Å². The first-order valence-electron chi connectivity index (χ1n) is 3.92. The molecule has 0 N–H and O–H groups in total. The Labute approximate surface area is 73.7 Å². The minimum atomic E-state index is -0.256. The van der Waals surface area contributed by atoms with Crippen molar-refractivity contribution in [2.75, 3.05) is 6.61 Å². The highest BCUT2D eigenvalue weighted by Crippen LogP contribution is 2.04. The van der Waals surface area contributed by atoms with Gasteiger partial charge < -0.3 is 4.74 Å². The molecule has 0 rings (SSSR count). The van der Waals surface area contributed by atoms with Crippen LogP contribution in [-0.2, 0) is 9.53 Å². The lowest BCUT2D eigenvalue weighted by Gasteiger charge is -2.09. The predicted octanol–water partition coefficient (Wildman–Crippen LogP) is 1.89. The van der Waals surface area contributed by atoms with Crippen LogP contribution in [-0.4, -0.2) is 17.8 Å². The highest BCUT2D eigenvalue weighted by molar-refractivity contribution is 7.81. The van der Waals surface area contributed by atoms with Crippen molar-refractivity contribution in [2.24, 2.45) is 5.92 Å². The molecule has 0 aliphatic heterocycles. The number of esters is 1. The van der Waals surface area contributed by atoms with Crippen LogP contribution in [0.3, 0.4) is 0 Å². The summed E-state index contributed by atoms with van der Waals surface area (Å²) >= 11 is 4.05. The summed E-state index contributed by atoms with van der Waals surface area (Å²) in [6.45, 7) is 6.42. The van der Waals surface area contributed by atoms with Gasteiger partial charge in [-0.05, 0) is 12.3 Å². The Kier molecular flexibility index (Phi) is 5.38. The summed E-state index contributed by atoms with van der Waals surface area (Å²) in [4.78, 5) is 11.0. The number of carbonyl (C=O) groups excluding carboxylic acids is 1. The van der Waals surface area contributed by atoms with Gasteiger partial charge in [-0.2, -0.15) is 12.6 Å². The van der Waals surface area contributed by atoms with Crippen LogP contribution < -0.4 is 0 Å². The first kappa shape index (κ1) is 10.8. The number of thiol groups is 1. The van der Waals surface area contributed by atoms with Crippen LogP contribution in [0.4, 0.5) is 0 Å². The molecule has 0 aliphatic rings. The fraction of sp³-hybridized carbons (Fsp3) is 0.875. The molecule has 1 atom stereocenters. The van der Waals surface area contributed by atoms with Crippen molar-refractivity contribution in [3.63, 3.8) is 0 Å². The molecular formula is C8H16O2S. The molecule has 0 aromatic heterocycles. The van der Waals surface area contributed by atoms with Crippen LogP contribution in [0.25, 0.3) is 0 Å². The normalized spacial score (nSPS) is 13.2. The van der Waals surface area contributed by atoms with Gasteiger partial charge in [0.05, 0.1) is 11.9 Å². The third-order valence-corrected chi connectivity index (χ3v) is 1.79. The molecule has 0 amide bonds. The van der Waals surface area contributed by atoms with E-state index in [0.717, 1.165) is 6.42 Å². The molecule has 66 valence electrons. The average Bonchev–Trinajstić information content (AvgIpc) is 1.98. The first-order chi connectivity index (χ1) is 5.07. The SMILES string of the molecule is CCC(S)C(=O)OCC(C)C. The van der Waals surface area contributed by atoms with Crippen LogP contribution in [0.1, 0.15) is 27.2 Å². The Morgan fingerprint density at radius 2 is 2.09 bits per heavy atom. The van der Waals surface area contributed by atoms with E-state index in [0.29, 0.717) is 12.5 Å². The Hall–Kier alpha value is -0.180. The summed E-state index contributed by atoms with van der Waals surface area (Å²) in [6, 6.07) is 0. The van der Waals surface area contributed by atoms with E-state index in [2.05, 4.69) is 12.6 Å². The maximum atomic E-state index is 11.0. The molecule has 0 aliphatic carbocycles. The topological polar surface area (TPSA) is 26.3 Å². The Balaban J connectivity index is 3.52. The largest absolute Gasteiger partial charge is 0.465 e. The van der Waals surface area contributed by atoms with Gasteiger partial charge in [0.25, 0.3) is 0 Å². The van der Waals surface area contributed by atoms with Gasteiger partial charge in [0.1, 0.15) is 0 Å². The third-order valence-electron chi connectivity index (χ3n) is 1.22. The average molecular weight is 176 g/mol. The van der Waals surface area contributed by atoms with Gasteiger partial charge in [-0.25, -0.2) is 0 Å². The van der Waals surface area contributed by atoms with Crippen molar-refractivity contribution in [1.29, 1.82) is 0 Å². The number of hydrogen-bond donors (Lipinski definition) is 1. The zero-order valence-corrected chi connectivity index (χ0v) is 8.23. The van der Waals surface area contributed by atoms with E-state index in [4.69, 9.17) is 4.74 Å². The lowest BCUT2D eigenvalue weighted by Crippen LogP contribution is -2.19. The van der Waals surface area contributed by atoms with E-state index in [1.54, 1.807) is 0 Å². The molecule has 0 bridgehead atoms. The summed E-state index contributed by atoms with van der Waals surface area (Å²) < 4.78 is 4.94. The summed E-state index contributed by atoms with van der Waals surface area (Å²) in [5.74, 6) is 0.195. The third kappa shape index (κ3) is 5.13. The van der Waals surface area contributed by atoms with Gasteiger partial charge in [0.2, 0.25) is 0 Å². The molecule has 0 saturated carbocycles. The minimum Gasteiger partial charge on any atom is -0.465 e. The number of hydrogen-bond acceptors (Lipinski definition) is 3. The maximum Gasteiger partial charge on any atom is 0.318 e. The Morgan fingerprint density at radius 3 is 2.45 bits per heavy atom. The molecule has 0 aromatic rings. The van der Waals surface area contributed by atoms with Crippen molar-refractivity contribution in [2.45, 2.75) is 32.4 Å². The van der Waals surface area contributed by atoms with Gasteiger partial charge >= 0.3 is 5.97 Å². The molecule has 2 nitrogen and oxygen atoms in total. The summed E-state index contributed by atoms with van der Waals surface area (Å²) in [5, 5.41) is -0.256. The van der Waals surface area contributed by atoms with E-state index in [-0.39, 0.29) is 11.2 Å². The standard InChI is InChI=1S/C8H16O2S/c1-4-7(11)8(9)10-5-6(2)3/h6-7,11H,4-5H2,1-3H3. The summed E-state index contributed by atoms with van der Waals surface area (Å²) in [6.07, 6.45) is 0.722. The highest BCUT2D eigenvalue weighted by Gasteiger charge is 2.12. The van der Waals surface area contributed by atoms with Crippen molar-refractivity contribution >= 4 is 18.6 Å². The van der Waals surface area contributed by atoms with Crippen molar-refractivity contribution in [3.8, 4) is 0 Å². The zero-order valence-electron chi connectivity index (χ0n) is 7.33. The van der Waals surface area contributed by atoms with Gasteiger partial charge in [-0.3, -0.25) is 4.79 Å². The highest BCUT2D eigenvalue weighted by atomic mass is 32.1.